The number of rotatable bonds is 8. The van der Waals surface area contributed by atoms with Crippen LogP contribution in [0.3, 0.4) is 0 Å². The van der Waals surface area contributed by atoms with E-state index in [0.29, 0.717) is 35.2 Å². The third-order valence-electron chi connectivity index (χ3n) is 3.75. The fourth-order valence-corrected chi connectivity index (χ4v) is 2.44. The number of carbonyl (C=O) groups is 2. The summed E-state index contributed by atoms with van der Waals surface area (Å²) in [5.41, 5.74) is 1.37. The molecule has 0 spiro atoms. The van der Waals surface area contributed by atoms with Crippen LogP contribution in [0.1, 0.15) is 28.8 Å². The highest BCUT2D eigenvalue weighted by molar-refractivity contribution is 6.31. The molecule has 6 nitrogen and oxygen atoms in total. The van der Waals surface area contributed by atoms with E-state index >= 15 is 0 Å². The highest BCUT2D eigenvalue weighted by Crippen LogP contribution is 2.25. The number of methoxy groups -OCH3 is 1. The van der Waals surface area contributed by atoms with Crippen molar-refractivity contribution in [2.75, 3.05) is 25.6 Å². The predicted octanol–water partition coefficient (Wildman–Crippen LogP) is 3.81. The first-order chi connectivity index (χ1) is 12.4. The topological polar surface area (TPSA) is 84.9 Å². The molecule has 0 bridgehead atoms. The molecule has 0 heterocycles. The Kier molecular flexibility index (Phi) is 7.00. The molecule has 0 aliphatic carbocycles. The van der Waals surface area contributed by atoms with Crippen molar-refractivity contribution in [3.8, 4) is 5.75 Å². The number of anilines is 1. The first-order valence-electron chi connectivity index (χ1n) is 7.97. The van der Waals surface area contributed by atoms with Gasteiger partial charge in [0.05, 0.1) is 18.1 Å². The van der Waals surface area contributed by atoms with E-state index in [1.165, 1.54) is 6.07 Å². The van der Waals surface area contributed by atoms with E-state index < -0.39 is 17.8 Å². The Bertz CT molecular complexity index is 793. The van der Waals surface area contributed by atoms with Crippen LogP contribution in [0.4, 0.5) is 5.69 Å². The van der Waals surface area contributed by atoms with Crippen molar-refractivity contribution in [3.63, 3.8) is 0 Å². The maximum absolute atomic E-state index is 12.6. The molecule has 1 amide bonds. The van der Waals surface area contributed by atoms with Crippen LogP contribution in [0.2, 0.25) is 5.02 Å². The van der Waals surface area contributed by atoms with Gasteiger partial charge in [-0.1, -0.05) is 23.7 Å². The van der Waals surface area contributed by atoms with E-state index in [0.717, 1.165) is 0 Å². The van der Waals surface area contributed by atoms with Gasteiger partial charge in [0.1, 0.15) is 12.4 Å². The SMILES string of the molecule is COCCOc1ccc(Cl)cc1C(=O)Nc1cccc(C(C)C(=O)O)c1. The summed E-state index contributed by atoms with van der Waals surface area (Å²) < 4.78 is 10.5. The van der Waals surface area contributed by atoms with Gasteiger partial charge in [0.25, 0.3) is 5.91 Å². The highest BCUT2D eigenvalue weighted by Gasteiger charge is 2.16. The van der Waals surface area contributed by atoms with E-state index in [9.17, 15) is 9.59 Å². The second-order valence-corrected chi connectivity index (χ2v) is 6.06. The lowest BCUT2D eigenvalue weighted by atomic mass is 10.0. The van der Waals surface area contributed by atoms with Gasteiger partial charge in [-0.2, -0.15) is 0 Å². The van der Waals surface area contributed by atoms with Crippen molar-refractivity contribution in [3.05, 3.63) is 58.6 Å². The van der Waals surface area contributed by atoms with Crippen LogP contribution < -0.4 is 10.1 Å². The molecule has 138 valence electrons. The average Bonchev–Trinajstić information content (AvgIpc) is 2.62. The second kappa shape index (κ2) is 9.22. The highest BCUT2D eigenvalue weighted by atomic mass is 35.5. The lowest BCUT2D eigenvalue weighted by Crippen LogP contribution is -2.15. The Morgan fingerprint density at radius 1 is 1.19 bits per heavy atom. The van der Waals surface area contributed by atoms with Crippen LogP contribution in [0.25, 0.3) is 0 Å². The minimum Gasteiger partial charge on any atom is -0.490 e. The summed E-state index contributed by atoms with van der Waals surface area (Å²) >= 11 is 6.00. The number of ether oxygens (including phenoxy) is 2. The Morgan fingerprint density at radius 2 is 1.96 bits per heavy atom. The minimum atomic E-state index is -0.933. The maximum Gasteiger partial charge on any atom is 0.310 e. The zero-order valence-corrected chi connectivity index (χ0v) is 15.2. The first-order valence-corrected chi connectivity index (χ1v) is 8.35. The summed E-state index contributed by atoms with van der Waals surface area (Å²) in [7, 11) is 1.56. The molecule has 0 radical (unpaired) electrons. The molecule has 0 fully saturated rings. The zero-order valence-electron chi connectivity index (χ0n) is 14.5. The molecule has 7 heteroatoms. The van der Waals surface area contributed by atoms with E-state index in [2.05, 4.69) is 5.32 Å². The summed E-state index contributed by atoms with van der Waals surface area (Å²) in [5.74, 6) is -1.62. The molecule has 2 rings (SSSR count). The summed E-state index contributed by atoms with van der Waals surface area (Å²) in [6.07, 6.45) is 0. The normalized spacial score (nSPS) is 11.7. The molecule has 0 aliphatic heterocycles. The van der Waals surface area contributed by atoms with Crippen molar-refractivity contribution >= 4 is 29.2 Å². The Morgan fingerprint density at radius 3 is 2.65 bits per heavy atom. The molecule has 2 aromatic rings. The fraction of sp³-hybridized carbons (Fsp3) is 0.263. The molecule has 0 aliphatic rings. The van der Waals surface area contributed by atoms with Gasteiger partial charge < -0.3 is 19.9 Å². The average molecular weight is 378 g/mol. The van der Waals surface area contributed by atoms with Gasteiger partial charge in [-0.15, -0.1) is 0 Å². The number of benzene rings is 2. The smallest absolute Gasteiger partial charge is 0.310 e. The third-order valence-corrected chi connectivity index (χ3v) is 3.98. The minimum absolute atomic E-state index is 0.283. The van der Waals surface area contributed by atoms with Crippen molar-refractivity contribution in [1.82, 2.24) is 0 Å². The van der Waals surface area contributed by atoms with Crippen LogP contribution in [-0.2, 0) is 9.53 Å². The third kappa shape index (κ3) is 5.21. The number of carbonyl (C=O) groups excluding carboxylic acids is 1. The van der Waals surface area contributed by atoms with Gasteiger partial charge in [0.15, 0.2) is 0 Å². The Labute approximate surface area is 156 Å². The summed E-state index contributed by atoms with van der Waals surface area (Å²) in [6.45, 7) is 2.27. The Balaban J connectivity index is 2.20. The number of carboxylic acid groups (broad SMARTS) is 1. The van der Waals surface area contributed by atoms with Gasteiger partial charge in [-0.05, 0) is 42.8 Å². The van der Waals surface area contributed by atoms with Crippen molar-refractivity contribution in [2.24, 2.45) is 0 Å². The standard InChI is InChI=1S/C19H20ClNO5/c1-12(19(23)24)13-4-3-5-15(10-13)21-18(22)16-11-14(20)6-7-17(16)26-9-8-25-2/h3-7,10-12H,8-9H2,1-2H3,(H,21,22)(H,23,24). The van der Waals surface area contributed by atoms with Gasteiger partial charge in [0.2, 0.25) is 0 Å². The van der Waals surface area contributed by atoms with Crippen molar-refractivity contribution in [1.29, 1.82) is 0 Å². The van der Waals surface area contributed by atoms with Crippen LogP contribution in [0.5, 0.6) is 5.75 Å². The molecule has 26 heavy (non-hydrogen) atoms. The van der Waals surface area contributed by atoms with Gasteiger partial charge in [0, 0.05) is 17.8 Å². The first kappa shape index (κ1) is 19.8. The number of carboxylic acids is 1. The molecular weight excluding hydrogens is 358 g/mol. The molecular formula is C19H20ClNO5. The maximum atomic E-state index is 12.6. The number of aliphatic carboxylic acids is 1. The van der Waals surface area contributed by atoms with E-state index in [1.807, 2.05) is 0 Å². The molecule has 0 saturated heterocycles. The summed E-state index contributed by atoms with van der Waals surface area (Å²) in [5, 5.41) is 12.3. The molecule has 2 N–H and O–H groups in total. The molecule has 2 aromatic carbocycles. The van der Waals surface area contributed by atoms with Crippen LogP contribution in [0, 0.1) is 0 Å². The number of amides is 1. The van der Waals surface area contributed by atoms with Gasteiger partial charge in [-0.25, -0.2) is 0 Å². The molecule has 0 aromatic heterocycles. The molecule has 1 atom stereocenters. The lowest BCUT2D eigenvalue weighted by Gasteiger charge is -2.13. The van der Waals surface area contributed by atoms with Crippen LogP contribution >= 0.6 is 11.6 Å². The van der Waals surface area contributed by atoms with Crippen LogP contribution in [-0.4, -0.2) is 37.3 Å². The van der Waals surface area contributed by atoms with Crippen molar-refractivity contribution in [2.45, 2.75) is 12.8 Å². The molecule has 1 unspecified atom stereocenters. The van der Waals surface area contributed by atoms with E-state index in [-0.39, 0.29) is 5.56 Å². The second-order valence-electron chi connectivity index (χ2n) is 5.62. The Hall–Kier alpha value is -2.57. The van der Waals surface area contributed by atoms with Crippen molar-refractivity contribution < 1.29 is 24.2 Å². The van der Waals surface area contributed by atoms with Gasteiger partial charge in [-0.3, -0.25) is 9.59 Å². The number of hydrogen-bond acceptors (Lipinski definition) is 4. The van der Waals surface area contributed by atoms with Gasteiger partial charge >= 0.3 is 5.97 Å². The van der Waals surface area contributed by atoms with Crippen LogP contribution in [0.15, 0.2) is 42.5 Å². The number of hydrogen-bond donors (Lipinski definition) is 2. The van der Waals surface area contributed by atoms with E-state index in [4.69, 9.17) is 26.2 Å². The molecule has 0 saturated carbocycles. The summed E-state index contributed by atoms with van der Waals surface area (Å²) in [4.78, 5) is 23.8. The largest absolute Gasteiger partial charge is 0.490 e. The van der Waals surface area contributed by atoms with E-state index in [1.54, 1.807) is 50.4 Å². The number of halogens is 1. The predicted molar refractivity (Wildman–Crippen MR) is 99.3 cm³/mol. The monoisotopic (exact) mass is 377 g/mol. The zero-order chi connectivity index (χ0) is 19.1. The number of nitrogens with one attached hydrogen (secondary N) is 1. The lowest BCUT2D eigenvalue weighted by molar-refractivity contribution is -0.138. The summed E-state index contributed by atoms with van der Waals surface area (Å²) in [6, 6.07) is 11.5. The quantitative estimate of drug-likeness (QED) is 0.683. The fourth-order valence-electron chi connectivity index (χ4n) is 2.27.